The van der Waals surface area contributed by atoms with Crippen LogP contribution in [0.3, 0.4) is 0 Å². The first-order chi connectivity index (χ1) is 9.52. The molecule has 1 aliphatic heterocycles. The topological polar surface area (TPSA) is 76.4 Å². The number of para-hydroxylation sites is 1. The smallest absolute Gasteiger partial charge is 0.149 e. The van der Waals surface area contributed by atoms with Gasteiger partial charge < -0.3 is 0 Å². The van der Waals surface area contributed by atoms with Crippen molar-refractivity contribution in [2.45, 2.75) is 19.3 Å². The summed E-state index contributed by atoms with van der Waals surface area (Å²) in [5.41, 5.74) is 3.09. The third-order valence-electron chi connectivity index (χ3n) is 3.94. The molecule has 0 saturated heterocycles. The van der Waals surface area contributed by atoms with Gasteiger partial charge in [0.15, 0.2) is 0 Å². The average Bonchev–Trinajstić information content (AvgIpc) is 2.68. The molecule has 4 nitrogen and oxygen atoms in total. The molecule has 0 atom stereocenters. The Balaban J connectivity index is 2.53. The number of aromatic nitrogens is 1. The van der Waals surface area contributed by atoms with E-state index in [0.29, 0.717) is 0 Å². The zero-order valence-corrected chi connectivity index (χ0v) is 11.2. The van der Waals surface area contributed by atoms with E-state index in [9.17, 15) is 10.5 Å². The van der Waals surface area contributed by atoms with Gasteiger partial charge in [0.25, 0.3) is 0 Å². The Kier molecular flexibility index (Phi) is 2.33. The van der Waals surface area contributed by atoms with Crippen LogP contribution in [-0.2, 0) is 5.41 Å². The highest BCUT2D eigenvalue weighted by molar-refractivity contribution is 5.60. The SMILES string of the molecule is CC1(C)c2ccccc2-n2c1cc(C#N)c(C#N)c2=N. The number of rotatable bonds is 0. The van der Waals surface area contributed by atoms with Crippen molar-refractivity contribution in [3.63, 3.8) is 0 Å². The summed E-state index contributed by atoms with van der Waals surface area (Å²) in [5, 5.41) is 26.7. The van der Waals surface area contributed by atoms with E-state index >= 15 is 0 Å². The molecule has 20 heavy (non-hydrogen) atoms. The summed E-state index contributed by atoms with van der Waals surface area (Å²) in [4.78, 5) is 0. The van der Waals surface area contributed by atoms with Crippen LogP contribution in [0.2, 0.25) is 0 Å². The zero-order chi connectivity index (χ0) is 14.5. The van der Waals surface area contributed by atoms with Gasteiger partial charge in [0.05, 0.1) is 11.3 Å². The van der Waals surface area contributed by atoms with E-state index in [1.807, 2.05) is 36.4 Å². The first-order valence-electron chi connectivity index (χ1n) is 6.27. The lowest BCUT2D eigenvalue weighted by molar-refractivity contribution is 0.631. The van der Waals surface area contributed by atoms with Crippen LogP contribution >= 0.6 is 0 Å². The van der Waals surface area contributed by atoms with Crippen molar-refractivity contribution in [1.82, 2.24) is 4.57 Å². The van der Waals surface area contributed by atoms with Crippen LogP contribution in [0.1, 0.15) is 36.2 Å². The maximum atomic E-state index is 9.21. The predicted molar refractivity (Wildman–Crippen MR) is 73.2 cm³/mol. The van der Waals surface area contributed by atoms with Crippen LogP contribution < -0.4 is 5.49 Å². The second-order valence-corrected chi connectivity index (χ2v) is 5.37. The lowest BCUT2D eigenvalue weighted by Gasteiger charge is -2.20. The fourth-order valence-electron chi connectivity index (χ4n) is 2.88. The number of fused-ring (bicyclic) bond motifs is 3. The fraction of sp³-hybridized carbons (Fsp3) is 0.188. The predicted octanol–water partition coefficient (Wildman–Crippen LogP) is 2.34. The van der Waals surface area contributed by atoms with Crippen molar-refractivity contribution >= 4 is 0 Å². The molecule has 2 heterocycles. The molecule has 0 radical (unpaired) electrons. The molecule has 0 aliphatic carbocycles. The Morgan fingerprint density at radius 1 is 1.15 bits per heavy atom. The minimum Gasteiger partial charge on any atom is -0.297 e. The number of pyridine rings is 1. The number of benzene rings is 1. The molecule has 0 unspecified atom stereocenters. The van der Waals surface area contributed by atoms with Crippen LogP contribution in [0.15, 0.2) is 30.3 Å². The van der Waals surface area contributed by atoms with Crippen LogP contribution in [0.4, 0.5) is 0 Å². The minimum atomic E-state index is -0.286. The highest BCUT2D eigenvalue weighted by Crippen LogP contribution is 2.41. The summed E-state index contributed by atoms with van der Waals surface area (Å²) >= 11 is 0. The first kappa shape index (κ1) is 12.2. The molecule has 1 aromatic carbocycles. The third kappa shape index (κ3) is 1.31. The second kappa shape index (κ2) is 3.82. The number of hydrogen-bond acceptors (Lipinski definition) is 3. The minimum absolute atomic E-state index is 0.0829. The highest BCUT2D eigenvalue weighted by atomic mass is 15.0. The largest absolute Gasteiger partial charge is 0.297 e. The number of nitrogens with zero attached hydrogens (tertiary/aromatic N) is 3. The van der Waals surface area contributed by atoms with E-state index in [4.69, 9.17) is 5.41 Å². The molecule has 0 spiro atoms. The van der Waals surface area contributed by atoms with E-state index in [-0.39, 0.29) is 22.0 Å². The Hall–Kier alpha value is -2.85. The summed E-state index contributed by atoms with van der Waals surface area (Å²) in [5.74, 6) is 0. The maximum Gasteiger partial charge on any atom is 0.149 e. The molecule has 3 rings (SSSR count). The van der Waals surface area contributed by atoms with E-state index in [0.717, 1.165) is 16.9 Å². The molecule has 1 N–H and O–H groups in total. The van der Waals surface area contributed by atoms with E-state index in [2.05, 4.69) is 13.8 Å². The van der Waals surface area contributed by atoms with Gasteiger partial charge in [0.2, 0.25) is 0 Å². The van der Waals surface area contributed by atoms with E-state index in [1.54, 1.807) is 10.6 Å². The van der Waals surface area contributed by atoms with Gasteiger partial charge in [-0.2, -0.15) is 10.5 Å². The Morgan fingerprint density at radius 2 is 1.85 bits per heavy atom. The van der Waals surface area contributed by atoms with E-state index in [1.165, 1.54) is 0 Å². The van der Waals surface area contributed by atoms with Crippen LogP contribution in [0.25, 0.3) is 5.69 Å². The normalized spacial score (nSPS) is 14.0. The molecule has 1 aliphatic rings. The third-order valence-corrected chi connectivity index (χ3v) is 3.94. The molecule has 4 heteroatoms. The van der Waals surface area contributed by atoms with Crippen molar-refractivity contribution in [1.29, 1.82) is 15.9 Å². The quantitative estimate of drug-likeness (QED) is 0.789. The van der Waals surface area contributed by atoms with Gasteiger partial charge in [0.1, 0.15) is 23.2 Å². The summed E-state index contributed by atoms with van der Waals surface area (Å²) in [6.07, 6.45) is 0. The molecule has 0 bridgehead atoms. The summed E-state index contributed by atoms with van der Waals surface area (Å²) in [7, 11) is 0. The van der Waals surface area contributed by atoms with Crippen molar-refractivity contribution in [3.05, 3.63) is 58.2 Å². The van der Waals surface area contributed by atoms with Gasteiger partial charge in [-0.15, -0.1) is 0 Å². The lowest BCUT2D eigenvalue weighted by atomic mass is 9.83. The molecule has 2 aromatic rings. The standard InChI is InChI=1S/C16H12N4/c1-16(2)12-5-3-4-6-13(12)20-14(16)7-10(8-17)11(9-18)15(20)19/h3-7,19H,1-2H3. The molecule has 0 amide bonds. The molecule has 0 saturated carbocycles. The van der Waals surface area contributed by atoms with E-state index < -0.39 is 0 Å². The molecule has 96 valence electrons. The average molecular weight is 260 g/mol. The monoisotopic (exact) mass is 260 g/mol. The maximum absolute atomic E-state index is 9.21. The first-order valence-corrected chi connectivity index (χ1v) is 6.27. The molecular formula is C16H12N4. The van der Waals surface area contributed by atoms with Crippen molar-refractivity contribution in [2.75, 3.05) is 0 Å². The molecule has 1 aromatic heterocycles. The van der Waals surface area contributed by atoms with Gasteiger partial charge >= 0.3 is 0 Å². The van der Waals surface area contributed by atoms with Gasteiger partial charge in [-0.3, -0.25) is 9.98 Å². The molecular weight excluding hydrogens is 248 g/mol. The fourth-order valence-corrected chi connectivity index (χ4v) is 2.88. The van der Waals surface area contributed by atoms with Gasteiger partial charge in [0, 0.05) is 11.1 Å². The lowest BCUT2D eigenvalue weighted by Crippen LogP contribution is -2.26. The Morgan fingerprint density at radius 3 is 2.50 bits per heavy atom. The van der Waals surface area contributed by atoms with Crippen LogP contribution in [-0.4, -0.2) is 4.57 Å². The van der Waals surface area contributed by atoms with Gasteiger partial charge in [-0.25, -0.2) is 0 Å². The number of hydrogen-bond donors (Lipinski definition) is 1. The highest BCUT2D eigenvalue weighted by Gasteiger charge is 2.36. The van der Waals surface area contributed by atoms with Crippen LogP contribution in [0, 0.1) is 28.1 Å². The van der Waals surface area contributed by atoms with Crippen molar-refractivity contribution < 1.29 is 0 Å². The summed E-state index contributed by atoms with van der Waals surface area (Å²) in [6, 6.07) is 13.6. The number of nitriles is 2. The zero-order valence-electron chi connectivity index (χ0n) is 11.2. The van der Waals surface area contributed by atoms with Gasteiger partial charge in [-0.1, -0.05) is 32.0 Å². The number of nitrogens with one attached hydrogen (secondary N) is 1. The van der Waals surface area contributed by atoms with Crippen molar-refractivity contribution in [2.24, 2.45) is 0 Å². The van der Waals surface area contributed by atoms with Gasteiger partial charge in [-0.05, 0) is 17.7 Å². The van der Waals surface area contributed by atoms with Crippen LogP contribution in [0.5, 0.6) is 0 Å². The Bertz CT molecular complexity index is 873. The summed E-state index contributed by atoms with van der Waals surface area (Å²) in [6.45, 7) is 4.13. The van der Waals surface area contributed by atoms with Crippen molar-refractivity contribution in [3.8, 4) is 17.8 Å². The summed E-state index contributed by atoms with van der Waals surface area (Å²) < 4.78 is 1.77. The Labute approximate surface area is 116 Å². The molecule has 0 fully saturated rings. The second-order valence-electron chi connectivity index (χ2n) is 5.37.